The van der Waals surface area contributed by atoms with Gasteiger partial charge in [-0.3, -0.25) is 9.10 Å². The summed E-state index contributed by atoms with van der Waals surface area (Å²) in [5.41, 5.74) is 1.30. The molecule has 7 heteroatoms. The van der Waals surface area contributed by atoms with Gasteiger partial charge in [-0.15, -0.1) is 0 Å². The summed E-state index contributed by atoms with van der Waals surface area (Å²) >= 11 is 5.94. The predicted octanol–water partition coefficient (Wildman–Crippen LogP) is 4.41. The number of amides is 1. The average Bonchev–Trinajstić information content (AvgIpc) is 2.74. The second kappa shape index (κ2) is 9.11. The summed E-state index contributed by atoms with van der Waals surface area (Å²) in [5.74, 6) is -0.407. The van der Waals surface area contributed by atoms with E-state index >= 15 is 0 Å². The Labute approximate surface area is 176 Å². The van der Waals surface area contributed by atoms with Crippen molar-refractivity contribution in [3.8, 4) is 0 Å². The lowest BCUT2D eigenvalue weighted by Gasteiger charge is -2.25. The van der Waals surface area contributed by atoms with Crippen LogP contribution in [0.3, 0.4) is 0 Å². The summed E-state index contributed by atoms with van der Waals surface area (Å²) in [6, 6.07) is 23.6. The molecule has 0 saturated carbocycles. The fraction of sp³-hybridized carbons (Fsp3) is 0.136. The number of nitrogens with zero attached hydrogens (tertiary/aromatic N) is 1. The van der Waals surface area contributed by atoms with Gasteiger partial charge in [0.2, 0.25) is 5.91 Å². The highest BCUT2D eigenvalue weighted by atomic mass is 35.5. The molecule has 0 radical (unpaired) electrons. The van der Waals surface area contributed by atoms with Gasteiger partial charge in [-0.25, -0.2) is 8.42 Å². The zero-order valence-electron chi connectivity index (χ0n) is 15.8. The molecule has 0 heterocycles. The molecule has 3 rings (SSSR count). The predicted molar refractivity (Wildman–Crippen MR) is 115 cm³/mol. The average molecular weight is 429 g/mol. The highest BCUT2D eigenvalue weighted by molar-refractivity contribution is 7.92. The molecule has 0 fully saturated rings. The number of carbonyl (C=O) groups excluding carboxylic acids is 1. The third-order valence-corrected chi connectivity index (χ3v) is 6.45. The molecule has 1 atom stereocenters. The quantitative estimate of drug-likeness (QED) is 0.606. The Bertz CT molecular complexity index is 1060. The standard InChI is InChI=1S/C22H21ClN2O3S/c1-17(18-8-4-2-5-9-18)24-22(26)16-25(20-14-12-19(23)13-15-20)29(27,28)21-10-6-3-7-11-21/h2-15,17H,16H2,1H3,(H,24,26)/t17-/m0/s1. The third-order valence-electron chi connectivity index (χ3n) is 4.41. The van der Waals surface area contributed by atoms with E-state index in [1.807, 2.05) is 37.3 Å². The fourth-order valence-electron chi connectivity index (χ4n) is 2.88. The zero-order valence-corrected chi connectivity index (χ0v) is 17.4. The molecule has 1 amide bonds. The number of anilines is 1. The number of carbonyl (C=O) groups is 1. The largest absolute Gasteiger partial charge is 0.348 e. The second-order valence-electron chi connectivity index (χ2n) is 6.50. The van der Waals surface area contributed by atoms with Crippen molar-refractivity contribution in [2.45, 2.75) is 17.9 Å². The van der Waals surface area contributed by atoms with Crippen LogP contribution in [0.4, 0.5) is 5.69 Å². The van der Waals surface area contributed by atoms with Gasteiger partial charge in [0, 0.05) is 5.02 Å². The molecule has 0 bridgehead atoms. The minimum absolute atomic E-state index is 0.110. The summed E-state index contributed by atoms with van der Waals surface area (Å²) in [6.07, 6.45) is 0. The van der Waals surface area contributed by atoms with Gasteiger partial charge in [-0.1, -0.05) is 60.1 Å². The van der Waals surface area contributed by atoms with Crippen LogP contribution in [0.25, 0.3) is 0 Å². The highest BCUT2D eigenvalue weighted by Gasteiger charge is 2.27. The first-order valence-electron chi connectivity index (χ1n) is 9.05. The number of sulfonamides is 1. The third kappa shape index (κ3) is 5.16. The number of halogens is 1. The molecule has 150 valence electrons. The summed E-state index contributed by atoms with van der Waals surface area (Å²) in [7, 11) is -3.93. The Balaban J connectivity index is 1.87. The molecule has 29 heavy (non-hydrogen) atoms. The van der Waals surface area contributed by atoms with Crippen molar-refractivity contribution in [1.82, 2.24) is 5.32 Å². The Morgan fingerprint density at radius 3 is 2.07 bits per heavy atom. The van der Waals surface area contributed by atoms with Crippen LogP contribution in [0, 0.1) is 0 Å². The summed E-state index contributed by atoms with van der Waals surface area (Å²) in [4.78, 5) is 12.8. The topological polar surface area (TPSA) is 66.5 Å². The lowest BCUT2D eigenvalue weighted by Crippen LogP contribution is -2.41. The lowest BCUT2D eigenvalue weighted by atomic mass is 10.1. The van der Waals surface area contributed by atoms with Gasteiger partial charge >= 0.3 is 0 Å². The second-order valence-corrected chi connectivity index (χ2v) is 8.80. The van der Waals surface area contributed by atoms with Crippen LogP contribution in [0.15, 0.2) is 89.8 Å². The van der Waals surface area contributed by atoms with Gasteiger partial charge in [0.1, 0.15) is 6.54 Å². The number of benzene rings is 3. The highest BCUT2D eigenvalue weighted by Crippen LogP contribution is 2.25. The van der Waals surface area contributed by atoms with Gasteiger partial charge in [-0.2, -0.15) is 0 Å². The molecule has 0 saturated heterocycles. The van der Waals surface area contributed by atoms with E-state index in [1.165, 1.54) is 12.1 Å². The van der Waals surface area contributed by atoms with E-state index in [2.05, 4.69) is 5.32 Å². The Morgan fingerprint density at radius 2 is 1.48 bits per heavy atom. The van der Waals surface area contributed by atoms with Crippen LogP contribution in [-0.4, -0.2) is 20.9 Å². The van der Waals surface area contributed by atoms with Crippen molar-refractivity contribution in [1.29, 1.82) is 0 Å². The monoisotopic (exact) mass is 428 g/mol. The van der Waals surface area contributed by atoms with E-state index in [4.69, 9.17) is 11.6 Å². The van der Waals surface area contributed by atoms with Crippen LogP contribution < -0.4 is 9.62 Å². The number of rotatable bonds is 7. The molecular weight excluding hydrogens is 408 g/mol. The van der Waals surface area contributed by atoms with Crippen molar-refractivity contribution >= 4 is 33.2 Å². The zero-order chi connectivity index (χ0) is 20.9. The first-order chi connectivity index (χ1) is 13.9. The molecule has 5 nitrogen and oxygen atoms in total. The maximum atomic E-state index is 13.2. The van der Waals surface area contributed by atoms with Gasteiger partial charge in [0.05, 0.1) is 16.6 Å². The fourth-order valence-corrected chi connectivity index (χ4v) is 4.45. The maximum Gasteiger partial charge on any atom is 0.264 e. The van der Waals surface area contributed by atoms with Gasteiger partial charge in [0.25, 0.3) is 10.0 Å². The Hall–Kier alpha value is -2.83. The number of hydrogen-bond donors (Lipinski definition) is 1. The molecule has 0 aliphatic rings. The minimum atomic E-state index is -3.93. The van der Waals surface area contributed by atoms with E-state index in [0.29, 0.717) is 10.7 Å². The van der Waals surface area contributed by atoms with Crippen LogP contribution in [0.5, 0.6) is 0 Å². The van der Waals surface area contributed by atoms with Gasteiger partial charge in [-0.05, 0) is 48.9 Å². The van der Waals surface area contributed by atoms with E-state index in [-0.39, 0.29) is 17.5 Å². The van der Waals surface area contributed by atoms with Crippen LogP contribution in [0.2, 0.25) is 5.02 Å². The smallest absolute Gasteiger partial charge is 0.264 e. The maximum absolute atomic E-state index is 13.2. The Morgan fingerprint density at radius 1 is 0.931 bits per heavy atom. The summed E-state index contributed by atoms with van der Waals surface area (Å²) in [5, 5.41) is 3.34. The Kier molecular flexibility index (Phi) is 6.56. The molecule has 0 aliphatic heterocycles. The van der Waals surface area contributed by atoms with Crippen molar-refractivity contribution in [2.24, 2.45) is 0 Å². The minimum Gasteiger partial charge on any atom is -0.348 e. The summed E-state index contributed by atoms with van der Waals surface area (Å²) < 4.78 is 27.5. The SMILES string of the molecule is C[C@H](NC(=O)CN(c1ccc(Cl)cc1)S(=O)(=O)c1ccccc1)c1ccccc1. The van der Waals surface area contributed by atoms with Gasteiger partial charge in [0.15, 0.2) is 0 Å². The summed E-state index contributed by atoms with van der Waals surface area (Å²) in [6.45, 7) is 1.50. The van der Waals surface area contributed by atoms with Crippen molar-refractivity contribution < 1.29 is 13.2 Å². The molecule has 0 unspecified atom stereocenters. The van der Waals surface area contributed by atoms with E-state index in [0.717, 1.165) is 9.87 Å². The first kappa shape index (κ1) is 20.9. The molecule has 0 spiro atoms. The number of hydrogen-bond acceptors (Lipinski definition) is 3. The van der Waals surface area contributed by atoms with Crippen LogP contribution in [-0.2, 0) is 14.8 Å². The van der Waals surface area contributed by atoms with Crippen molar-refractivity contribution in [2.75, 3.05) is 10.8 Å². The molecule has 0 aromatic heterocycles. The molecule has 1 N–H and O–H groups in total. The lowest BCUT2D eigenvalue weighted by molar-refractivity contribution is -0.120. The van der Waals surface area contributed by atoms with Crippen molar-refractivity contribution in [3.05, 3.63) is 95.5 Å². The molecule has 0 aliphatic carbocycles. The molecular formula is C22H21ClN2O3S. The van der Waals surface area contributed by atoms with Gasteiger partial charge < -0.3 is 5.32 Å². The number of nitrogens with one attached hydrogen (secondary N) is 1. The normalized spacial score (nSPS) is 12.2. The van der Waals surface area contributed by atoms with Crippen LogP contribution >= 0.6 is 11.6 Å². The first-order valence-corrected chi connectivity index (χ1v) is 10.9. The molecule has 3 aromatic carbocycles. The van der Waals surface area contributed by atoms with Crippen molar-refractivity contribution in [3.63, 3.8) is 0 Å². The van der Waals surface area contributed by atoms with Crippen LogP contribution in [0.1, 0.15) is 18.5 Å². The van der Waals surface area contributed by atoms with E-state index in [9.17, 15) is 13.2 Å². The van der Waals surface area contributed by atoms with E-state index in [1.54, 1.807) is 42.5 Å². The van der Waals surface area contributed by atoms with E-state index < -0.39 is 15.9 Å². The molecule has 3 aromatic rings.